The van der Waals surface area contributed by atoms with E-state index in [1.807, 2.05) is 24.3 Å². The molecular formula is C28H20N2O4. The van der Waals surface area contributed by atoms with Gasteiger partial charge in [-0.1, -0.05) is 60.7 Å². The highest BCUT2D eigenvalue weighted by molar-refractivity contribution is 6.13. The quantitative estimate of drug-likeness (QED) is 0.436. The van der Waals surface area contributed by atoms with E-state index in [-0.39, 0.29) is 29.5 Å². The maximum absolute atomic E-state index is 13.5. The molecule has 0 unspecified atom stereocenters. The van der Waals surface area contributed by atoms with Crippen LogP contribution in [-0.4, -0.2) is 28.3 Å². The van der Waals surface area contributed by atoms with Gasteiger partial charge in [0.2, 0.25) is 0 Å². The van der Waals surface area contributed by atoms with Crippen LogP contribution in [0, 0.1) is 0 Å². The molecule has 34 heavy (non-hydrogen) atoms. The van der Waals surface area contributed by atoms with Crippen LogP contribution in [0.5, 0.6) is 0 Å². The van der Waals surface area contributed by atoms with Crippen LogP contribution in [-0.2, 0) is 6.54 Å². The zero-order valence-electron chi connectivity index (χ0n) is 18.4. The number of imide groups is 1. The SMILES string of the molecule is CN1C(=O)c2cccc(Cn3c(=O)c4ccccc4c4ccccc4c3=O)cccc(c2)C1=O. The molecular weight excluding hydrogens is 428 g/mol. The van der Waals surface area contributed by atoms with Crippen molar-refractivity contribution in [3.05, 3.63) is 128 Å². The first-order valence-electron chi connectivity index (χ1n) is 10.8. The highest BCUT2D eigenvalue weighted by Gasteiger charge is 2.24. The lowest BCUT2D eigenvalue weighted by atomic mass is 10.1. The minimum absolute atomic E-state index is 0.0329. The summed E-state index contributed by atoms with van der Waals surface area (Å²) in [5.74, 6) is -0.770. The Bertz CT molecular complexity index is 1570. The normalized spacial score (nSPS) is 12.7. The lowest BCUT2D eigenvalue weighted by Gasteiger charge is -2.19. The van der Waals surface area contributed by atoms with Gasteiger partial charge in [0.15, 0.2) is 0 Å². The van der Waals surface area contributed by atoms with Gasteiger partial charge in [-0.25, -0.2) is 0 Å². The topological polar surface area (TPSA) is 76.5 Å². The Labute approximate surface area is 194 Å². The van der Waals surface area contributed by atoms with Crippen LogP contribution in [0.3, 0.4) is 0 Å². The Morgan fingerprint density at radius 3 is 1.47 bits per heavy atom. The molecule has 0 saturated heterocycles. The molecule has 1 aliphatic rings. The van der Waals surface area contributed by atoms with Gasteiger partial charge in [-0.05, 0) is 46.7 Å². The van der Waals surface area contributed by atoms with E-state index in [9.17, 15) is 19.2 Å². The fraction of sp³-hybridized carbons (Fsp3) is 0.0714. The first-order valence-corrected chi connectivity index (χ1v) is 10.8. The predicted molar refractivity (Wildman–Crippen MR) is 132 cm³/mol. The molecule has 0 N–H and O–H groups in total. The summed E-state index contributed by atoms with van der Waals surface area (Å²) in [6, 6.07) is 26.1. The molecule has 0 spiro atoms. The van der Waals surface area contributed by atoms with Gasteiger partial charge in [-0.3, -0.25) is 28.6 Å². The van der Waals surface area contributed by atoms with E-state index in [0.717, 1.165) is 15.7 Å². The summed E-state index contributed by atoms with van der Waals surface area (Å²) >= 11 is 0. The fourth-order valence-electron chi connectivity index (χ4n) is 4.24. The minimum atomic E-state index is -0.385. The summed E-state index contributed by atoms with van der Waals surface area (Å²) in [6.07, 6.45) is 0. The highest BCUT2D eigenvalue weighted by atomic mass is 16.2. The number of carbonyl (C=O) groups excluding carboxylic acids is 2. The number of benzene rings is 2. The summed E-state index contributed by atoms with van der Waals surface area (Å²) in [7, 11) is 1.45. The third-order valence-electron chi connectivity index (χ3n) is 6.02. The lowest BCUT2D eigenvalue weighted by molar-refractivity contribution is 0.0646. The van der Waals surface area contributed by atoms with E-state index in [1.54, 1.807) is 66.7 Å². The molecule has 166 valence electrons. The predicted octanol–water partition coefficient (Wildman–Crippen LogP) is 3.91. The van der Waals surface area contributed by atoms with Crippen LogP contribution in [0.25, 0.3) is 21.5 Å². The fourth-order valence-corrected chi connectivity index (χ4v) is 4.24. The molecule has 6 nitrogen and oxygen atoms in total. The van der Waals surface area contributed by atoms with Crippen LogP contribution < -0.4 is 11.1 Å². The van der Waals surface area contributed by atoms with Crippen molar-refractivity contribution in [2.45, 2.75) is 6.54 Å². The zero-order chi connectivity index (χ0) is 23.8. The smallest absolute Gasteiger partial charge is 0.261 e. The van der Waals surface area contributed by atoms with Crippen molar-refractivity contribution in [2.24, 2.45) is 0 Å². The first kappa shape index (κ1) is 21.3. The third kappa shape index (κ3) is 3.55. The number of carbonyl (C=O) groups is 2. The Morgan fingerprint density at radius 1 is 0.559 bits per heavy atom. The van der Waals surface area contributed by atoms with Crippen molar-refractivity contribution < 1.29 is 9.59 Å². The van der Waals surface area contributed by atoms with Gasteiger partial charge in [-0.15, -0.1) is 0 Å². The first-order chi connectivity index (χ1) is 16.5. The number of amides is 2. The Balaban J connectivity index is 1.74. The van der Waals surface area contributed by atoms with E-state index < -0.39 is 0 Å². The van der Waals surface area contributed by atoms with E-state index >= 15 is 0 Å². The maximum Gasteiger partial charge on any atom is 0.261 e. The molecule has 1 aliphatic heterocycles. The average molecular weight is 448 g/mol. The van der Waals surface area contributed by atoms with Crippen LogP contribution in [0.2, 0.25) is 0 Å². The molecule has 0 atom stereocenters. The van der Waals surface area contributed by atoms with Crippen molar-refractivity contribution in [1.82, 2.24) is 9.47 Å². The summed E-state index contributed by atoms with van der Waals surface area (Å²) in [5.41, 5.74) is 0.669. The number of aromatic nitrogens is 1. The van der Waals surface area contributed by atoms with E-state index in [0.29, 0.717) is 27.5 Å². The molecule has 3 aromatic carbocycles. The molecule has 6 heteroatoms. The number of hydrogen-bond donors (Lipinski definition) is 0. The summed E-state index contributed by atoms with van der Waals surface area (Å²) in [6.45, 7) is 0.0329. The maximum atomic E-state index is 13.5. The second kappa shape index (κ2) is 8.41. The molecule has 2 heterocycles. The molecule has 0 radical (unpaired) electrons. The summed E-state index contributed by atoms with van der Waals surface area (Å²) < 4.78 is 1.23. The second-order valence-electron chi connectivity index (χ2n) is 8.14. The third-order valence-corrected chi connectivity index (χ3v) is 6.02. The average Bonchev–Trinajstić information content (AvgIpc) is 2.95. The van der Waals surface area contributed by atoms with Gasteiger partial charge in [0.25, 0.3) is 22.9 Å². The van der Waals surface area contributed by atoms with Gasteiger partial charge in [0, 0.05) is 28.9 Å². The molecule has 0 aliphatic carbocycles. The number of fused-ring (bicyclic) bond motifs is 5. The Hall–Kier alpha value is -4.58. The van der Waals surface area contributed by atoms with Crippen molar-refractivity contribution in [3.8, 4) is 0 Å². The minimum Gasteiger partial charge on any atom is -0.278 e. The molecule has 2 bridgehead atoms. The van der Waals surface area contributed by atoms with E-state index in [1.165, 1.54) is 11.6 Å². The standard InChI is InChI=1S/C28H20N2O4/c1-29-25(31)19-10-6-8-18(9-7-11-20(16-19)26(29)32)17-30-27(33)23-14-4-2-12-21(23)22-13-3-5-15-24(22)28(30)34/h2-16H,17H2,1H3. The summed E-state index contributed by atoms with van der Waals surface area (Å²) in [5, 5.41) is 2.36. The zero-order valence-corrected chi connectivity index (χ0v) is 18.4. The molecule has 0 saturated carbocycles. The van der Waals surface area contributed by atoms with Gasteiger partial charge in [0.1, 0.15) is 0 Å². The highest BCUT2D eigenvalue weighted by Crippen LogP contribution is 2.19. The molecule has 4 aromatic rings. The number of hydrogen-bond acceptors (Lipinski definition) is 4. The number of rotatable bonds is 2. The van der Waals surface area contributed by atoms with Gasteiger partial charge in [-0.2, -0.15) is 0 Å². The van der Waals surface area contributed by atoms with Crippen LogP contribution >= 0.6 is 0 Å². The largest absolute Gasteiger partial charge is 0.278 e. The van der Waals surface area contributed by atoms with Gasteiger partial charge < -0.3 is 0 Å². The van der Waals surface area contributed by atoms with E-state index in [2.05, 4.69) is 0 Å². The molecule has 2 amide bonds. The van der Waals surface area contributed by atoms with Crippen molar-refractivity contribution in [1.29, 1.82) is 0 Å². The van der Waals surface area contributed by atoms with Crippen molar-refractivity contribution in [2.75, 3.05) is 7.05 Å². The Kier molecular flexibility index (Phi) is 5.26. The second-order valence-corrected chi connectivity index (χ2v) is 8.14. The van der Waals surface area contributed by atoms with Crippen LogP contribution in [0.4, 0.5) is 0 Å². The molecule has 0 fully saturated rings. The lowest BCUT2D eigenvalue weighted by Crippen LogP contribution is -2.35. The van der Waals surface area contributed by atoms with Crippen LogP contribution in [0.15, 0.2) is 101 Å². The Morgan fingerprint density at radius 2 is 1.00 bits per heavy atom. The molecule has 5 rings (SSSR count). The molecule has 1 aromatic heterocycles. The van der Waals surface area contributed by atoms with Crippen LogP contribution in [0.1, 0.15) is 26.3 Å². The monoisotopic (exact) mass is 448 g/mol. The van der Waals surface area contributed by atoms with E-state index in [4.69, 9.17) is 0 Å². The van der Waals surface area contributed by atoms with Gasteiger partial charge in [0.05, 0.1) is 6.54 Å². The van der Waals surface area contributed by atoms with Crippen molar-refractivity contribution >= 4 is 33.4 Å². The van der Waals surface area contributed by atoms with Gasteiger partial charge >= 0.3 is 0 Å². The number of nitrogens with zero attached hydrogens (tertiary/aromatic N) is 2. The summed E-state index contributed by atoms with van der Waals surface area (Å²) in [4.78, 5) is 52.8. The van der Waals surface area contributed by atoms with Crippen molar-refractivity contribution in [3.63, 3.8) is 0 Å².